The van der Waals surface area contributed by atoms with E-state index >= 15 is 0 Å². The fraction of sp³-hybridized carbons (Fsp3) is 0.450. The highest BCUT2D eigenvalue weighted by Crippen LogP contribution is 2.16. The Bertz CT molecular complexity index is 636. The van der Waals surface area contributed by atoms with Crippen LogP contribution < -0.4 is 9.13 Å². The summed E-state index contributed by atoms with van der Waals surface area (Å²) in [4.78, 5) is 10.7. The van der Waals surface area contributed by atoms with Crippen LogP contribution in [-0.4, -0.2) is 11.1 Å². The summed E-state index contributed by atoms with van der Waals surface area (Å²) in [5, 5.41) is 8.81. The van der Waals surface area contributed by atoms with Gasteiger partial charge in [-0.1, -0.05) is 26.7 Å². The Kier molecular flexibility index (Phi) is 6.91. The van der Waals surface area contributed by atoms with E-state index in [1.807, 2.05) is 24.5 Å². The van der Waals surface area contributed by atoms with Crippen LogP contribution in [0.3, 0.4) is 0 Å². The molecule has 0 aromatic carbocycles. The molecule has 0 fully saturated rings. The van der Waals surface area contributed by atoms with E-state index in [2.05, 4.69) is 42.9 Å². The molecule has 0 bridgehead atoms. The predicted molar refractivity (Wildman–Crippen MR) is 93.2 cm³/mol. The van der Waals surface area contributed by atoms with Crippen molar-refractivity contribution in [1.29, 1.82) is 0 Å². The van der Waals surface area contributed by atoms with Gasteiger partial charge in [0.25, 0.3) is 0 Å². The lowest BCUT2D eigenvalue weighted by atomic mass is 9.99. The Morgan fingerprint density at radius 2 is 1.54 bits per heavy atom. The van der Waals surface area contributed by atoms with Gasteiger partial charge in [-0.2, -0.15) is 4.57 Å². The maximum atomic E-state index is 10.7. The van der Waals surface area contributed by atoms with Gasteiger partial charge in [0.15, 0.2) is 31.3 Å². The molecule has 1 atom stereocenters. The first-order chi connectivity index (χ1) is 11.6. The van der Waals surface area contributed by atoms with Crippen LogP contribution in [0.25, 0.3) is 11.1 Å². The van der Waals surface area contributed by atoms with Gasteiger partial charge < -0.3 is 5.11 Å². The van der Waals surface area contributed by atoms with Crippen LogP contribution in [0.5, 0.6) is 0 Å². The molecule has 0 aliphatic heterocycles. The second-order valence-electron chi connectivity index (χ2n) is 6.35. The summed E-state index contributed by atoms with van der Waals surface area (Å²) in [5.41, 5.74) is 2.25. The van der Waals surface area contributed by atoms with Crippen molar-refractivity contribution in [2.45, 2.75) is 52.6 Å². The summed E-state index contributed by atoms with van der Waals surface area (Å²) >= 11 is 0. The van der Waals surface area contributed by atoms with E-state index in [0.29, 0.717) is 0 Å². The van der Waals surface area contributed by atoms with Crippen LogP contribution in [0.1, 0.15) is 39.5 Å². The minimum absolute atomic E-state index is 0.00869. The molecular formula is C20H28N2O2+2. The molecule has 0 amide bonds. The highest BCUT2D eigenvalue weighted by Gasteiger charge is 2.13. The fourth-order valence-electron chi connectivity index (χ4n) is 2.90. The molecule has 2 aromatic rings. The van der Waals surface area contributed by atoms with Crippen LogP contribution in [0.2, 0.25) is 0 Å². The molecule has 2 aromatic heterocycles. The van der Waals surface area contributed by atoms with E-state index in [9.17, 15) is 4.79 Å². The summed E-state index contributed by atoms with van der Waals surface area (Å²) in [6.07, 6.45) is 13.0. The Hall–Kier alpha value is -2.23. The molecule has 0 aliphatic rings. The minimum Gasteiger partial charge on any atom is -0.477 e. The van der Waals surface area contributed by atoms with E-state index in [0.717, 1.165) is 23.6 Å². The van der Waals surface area contributed by atoms with Crippen molar-refractivity contribution >= 4 is 5.97 Å². The zero-order valence-corrected chi connectivity index (χ0v) is 14.7. The molecule has 2 heterocycles. The molecule has 2 rings (SSSR count). The molecule has 128 valence electrons. The fourth-order valence-corrected chi connectivity index (χ4v) is 2.90. The number of rotatable bonds is 9. The van der Waals surface area contributed by atoms with Crippen molar-refractivity contribution < 1.29 is 19.0 Å². The van der Waals surface area contributed by atoms with Crippen molar-refractivity contribution in [1.82, 2.24) is 0 Å². The Morgan fingerprint density at radius 1 is 1.00 bits per heavy atom. The van der Waals surface area contributed by atoms with E-state index < -0.39 is 5.97 Å². The molecule has 0 saturated heterocycles. The van der Waals surface area contributed by atoms with Gasteiger partial charge in [-0.05, 0) is 24.0 Å². The predicted octanol–water partition coefficient (Wildman–Crippen LogP) is 3.23. The van der Waals surface area contributed by atoms with Crippen LogP contribution in [0.4, 0.5) is 0 Å². The van der Waals surface area contributed by atoms with Gasteiger partial charge in [0, 0.05) is 30.2 Å². The molecule has 1 N–H and O–H groups in total. The first-order valence-corrected chi connectivity index (χ1v) is 8.82. The van der Waals surface area contributed by atoms with E-state index in [1.165, 1.54) is 25.7 Å². The number of carboxylic acids is 1. The average molecular weight is 328 g/mol. The third-order valence-electron chi connectivity index (χ3n) is 4.45. The quantitative estimate of drug-likeness (QED) is 0.718. The van der Waals surface area contributed by atoms with E-state index in [1.54, 1.807) is 4.57 Å². The lowest BCUT2D eigenvalue weighted by molar-refractivity contribution is -0.703. The van der Waals surface area contributed by atoms with Crippen molar-refractivity contribution in [3.63, 3.8) is 0 Å². The van der Waals surface area contributed by atoms with Gasteiger partial charge in [0.1, 0.15) is 0 Å². The molecular weight excluding hydrogens is 300 g/mol. The number of carboxylic acid groups (broad SMARTS) is 1. The Balaban J connectivity index is 2.01. The molecule has 4 nitrogen and oxygen atoms in total. The number of hydrogen-bond donors (Lipinski definition) is 1. The van der Waals surface area contributed by atoms with Crippen molar-refractivity contribution in [2.24, 2.45) is 5.92 Å². The van der Waals surface area contributed by atoms with Crippen LogP contribution in [0, 0.1) is 5.92 Å². The van der Waals surface area contributed by atoms with Crippen molar-refractivity contribution in [3.05, 3.63) is 49.1 Å². The second kappa shape index (κ2) is 9.16. The highest BCUT2D eigenvalue weighted by molar-refractivity contribution is 5.65. The molecule has 0 aliphatic carbocycles. The standard InChI is InChI=1S/C20H27N2O2/c1-3-5-6-17(4-2)15-21-11-7-18(8-12-21)19-9-13-22(14-10-19)16-20(23)24/h7-14,17H,3-6,15-16H2,1-2H3/q+1/p+1. The van der Waals surface area contributed by atoms with Gasteiger partial charge in [0.05, 0.1) is 0 Å². The Labute approximate surface area is 144 Å². The average Bonchev–Trinajstić information content (AvgIpc) is 2.59. The van der Waals surface area contributed by atoms with Crippen molar-refractivity contribution in [2.75, 3.05) is 0 Å². The maximum absolute atomic E-state index is 10.7. The van der Waals surface area contributed by atoms with E-state index in [4.69, 9.17) is 5.11 Å². The van der Waals surface area contributed by atoms with Crippen LogP contribution in [-0.2, 0) is 17.9 Å². The van der Waals surface area contributed by atoms with Gasteiger partial charge in [-0.15, -0.1) is 0 Å². The molecule has 1 unspecified atom stereocenters. The number of aromatic nitrogens is 2. The smallest absolute Gasteiger partial charge is 0.370 e. The lowest BCUT2D eigenvalue weighted by Crippen LogP contribution is -2.37. The summed E-state index contributed by atoms with van der Waals surface area (Å²) in [5.74, 6) is -0.0884. The first kappa shape index (κ1) is 18.1. The largest absolute Gasteiger partial charge is 0.477 e. The molecule has 0 spiro atoms. The summed E-state index contributed by atoms with van der Waals surface area (Å²) < 4.78 is 3.93. The van der Waals surface area contributed by atoms with Crippen LogP contribution in [0.15, 0.2) is 49.1 Å². The lowest BCUT2D eigenvalue weighted by Gasteiger charge is -2.10. The minimum atomic E-state index is -0.831. The van der Waals surface area contributed by atoms with Crippen molar-refractivity contribution in [3.8, 4) is 11.1 Å². The third kappa shape index (κ3) is 5.44. The first-order valence-electron chi connectivity index (χ1n) is 8.82. The number of aliphatic carboxylic acids is 1. The molecule has 0 saturated carbocycles. The SMILES string of the molecule is CCCCC(CC)C[n+]1ccc(-c2cc[n+](CC(=O)O)cc2)cc1. The second-order valence-corrected chi connectivity index (χ2v) is 6.35. The number of hydrogen-bond acceptors (Lipinski definition) is 1. The van der Waals surface area contributed by atoms with Crippen LogP contribution >= 0.6 is 0 Å². The van der Waals surface area contributed by atoms with Gasteiger partial charge in [-0.25, -0.2) is 9.36 Å². The third-order valence-corrected chi connectivity index (χ3v) is 4.45. The number of carbonyl (C=O) groups is 1. The van der Waals surface area contributed by atoms with E-state index in [-0.39, 0.29) is 6.54 Å². The number of unbranched alkanes of at least 4 members (excludes halogenated alkanes) is 1. The normalized spacial score (nSPS) is 12.1. The van der Waals surface area contributed by atoms with Gasteiger partial charge >= 0.3 is 5.97 Å². The highest BCUT2D eigenvalue weighted by atomic mass is 16.4. The number of nitrogens with zero attached hydrogens (tertiary/aromatic N) is 2. The monoisotopic (exact) mass is 328 g/mol. The topological polar surface area (TPSA) is 45.1 Å². The maximum Gasteiger partial charge on any atom is 0.370 e. The molecule has 4 heteroatoms. The number of pyridine rings is 2. The zero-order chi connectivity index (χ0) is 17.4. The van der Waals surface area contributed by atoms with Gasteiger partial charge in [0.2, 0.25) is 6.54 Å². The molecule has 0 radical (unpaired) electrons. The summed E-state index contributed by atoms with van der Waals surface area (Å²) in [6, 6.07) is 8.17. The zero-order valence-electron chi connectivity index (χ0n) is 14.7. The Morgan fingerprint density at radius 3 is 2.00 bits per heavy atom. The summed E-state index contributed by atoms with van der Waals surface area (Å²) in [7, 11) is 0. The summed E-state index contributed by atoms with van der Waals surface area (Å²) in [6.45, 7) is 5.58. The molecule has 24 heavy (non-hydrogen) atoms. The van der Waals surface area contributed by atoms with Gasteiger partial charge in [-0.3, -0.25) is 0 Å².